The molecule has 1 aliphatic heterocycles. The SMILES string of the molecule is CC1=CC(=O)C2=C(C1=O)C(c1ccccc1OCCO)C1=CCC3C(=O)N(N(C)c4nc(C(F)(F)F)ccc4Cl)C(=O)C3C1C2. The van der Waals surface area contributed by atoms with Crippen molar-refractivity contribution in [3.63, 3.8) is 0 Å². The Morgan fingerprint density at radius 3 is 2.53 bits per heavy atom. The number of nitrogens with zero attached hydrogens (tertiary/aromatic N) is 3. The molecule has 0 radical (unpaired) electrons. The van der Waals surface area contributed by atoms with Gasteiger partial charge in [-0.05, 0) is 50.0 Å². The standard InChI is InChI=1S/C32H27ClF3N3O6/c1-15-13-22(41)20-14-19-16(25(27(20)28(15)42)17-5-3-4-6-23(17)45-12-11-40)7-8-18-26(19)31(44)39(30(18)43)38(2)29-21(33)9-10-24(37-29)32(34,35)36/h3-7,9-10,13,18-19,25-26,40H,8,11-12,14H2,1-2H3. The van der Waals surface area contributed by atoms with Crippen LogP contribution in [0.4, 0.5) is 19.0 Å². The Hall–Kier alpha value is -4.29. The monoisotopic (exact) mass is 641 g/mol. The fourth-order valence-electron chi connectivity index (χ4n) is 6.91. The summed E-state index contributed by atoms with van der Waals surface area (Å²) in [6, 6.07) is 8.63. The average molecular weight is 642 g/mol. The van der Waals surface area contributed by atoms with Crippen LogP contribution in [0.2, 0.25) is 5.02 Å². The van der Waals surface area contributed by atoms with Gasteiger partial charge in [-0.2, -0.15) is 18.2 Å². The van der Waals surface area contributed by atoms with Crippen molar-refractivity contribution in [2.45, 2.75) is 31.9 Å². The second-order valence-corrected chi connectivity index (χ2v) is 11.8. The molecule has 1 aromatic heterocycles. The number of allylic oxidation sites excluding steroid dienone is 6. The van der Waals surface area contributed by atoms with Gasteiger partial charge < -0.3 is 9.84 Å². The van der Waals surface area contributed by atoms with E-state index in [0.717, 1.165) is 16.1 Å². The molecular formula is C32H27ClF3N3O6. The molecule has 2 aromatic rings. The molecule has 2 amide bonds. The third-order valence-corrected chi connectivity index (χ3v) is 9.14. The highest BCUT2D eigenvalue weighted by molar-refractivity contribution is 6.33. The Morgan fingerprint density at radius 2 is 1.82 bits per heavy atom. The molecule has 0 saturated carbocycles. The van der Waals surface area contributed by atoms with Gasteiger partial charge >= 0.3 is 6.18 Å². The first-order chi connectivity index (χ1) is 21.3. The van der Waals surface area contributed by atoms with Gasteiger partial charge in [0.05, 0.1) is 23.5 Å². The van der Waals surface area contributed by atoms with Gasteiger partial charge in [-0.15, -0.1) is 0 Å². The molecule has 1 N–H and O–H groups in total. The normalized spacial score (nSPS) is 24.6. The summed E-state index contributed by atoms with van der Waals surface area (Å²) in [5.41, 5.74) is 0.795. The van der Waals surface area contributed by atoms with Crippen molar-refractivity contribution >= 4 is 40.8 Å². The van der Waals surface area contributed by atoms with Crippen molar-refractivity contribution in [3.05, 3.63) is 87.1 Å². The number of alkyl halides is 3. The number of anilines is 1. The molecule has 6 rings (SSSR count). The first-order valence-electron chi connectivity index (χ1n) is 14.2. The van der Waals surface area contributed by atoms with Gasteiger partial charge in [0.15, 0.2) is 17.4 Å². The predicted molar refractivity (Wildman–Crippen MR) is 155 cm³/mol. The van der Waals surface area contributed by atoms with Gasteiger partial charge in [0, 0.05) is 35.2 Å². The molecule has 4 aliphatic rings. The average Bonchev–Trinajstić information content (AvgIpc) is 3.26. The van der Waals surface area contributed by atoms with Gasteiger partial charge in [-0.3, -0.25) is 24.2 Å². The van der Waals surface area contributed by atoms with Crippen molar-refractivity contribution in [3.8, 4) is 5.75 Å². The number of hydrogen-bond donors (Lipinski definition) is 1. The van der Waals surface area contributed by atoms with Gasteiger partial charge in [0.25, 0.3) is 11.8 Å². The lowest BCUT2D eigenvalue weighted by Crippen LogP contribution is -2.46. The summed E-state index contributed by atoms with van der Waals surface area (Å²) in [4.78, 5) is 58.5. The van der Waals surface area contributed by atoms with Gasteiger partial charge in [0.1, 0.15) is 18.1 Å². The number of carbonyl (C=O) groups excluding carboxylic acids is 4. The lowest BCUT2D eigenvalue weighted by atomic mass is 9.59. The number of ether oxygens (including phenoxy) is 1. The van der Waals surface area contributed by atoms with Gasteiger partial charge in [0.2, 0.25) is 0 Å². The summed E-state index contributed by atoms with van der Waals surface area (Å²) in [6.07, 6.45) is -1.57. The van der Waals surface area contributed by atoms with Crippen LogP contribution >= 0.6 is 11.6 Å². The molecule has 13 heteroatoms. The van der Waals surface area contributed by atoms with E-state index in [0.29, 0.717) is 23.0 Å². The topological polar surface area (TPSA) is 117 Å². The van der Waals surface area contributed by atoms with Crippen LogP contribution in [0.5, 0.6) is 5.75 Å². The minimum atomic E-state index is -4.79. The third kappa shape index (κ3) is 4.96. The van der Waals surface area contributed by atoms with Crippen molar-refractivity contribution in [1.29, 1.82) is 0 Å². The van der Waals surface area contributed by atoms with E-state index >= 15 is 0 Å². The van der Waals surface area contributed by atoms with Gasteiger partial charge in [-0.25, -0.2) is 4.98 Å². The summed E-state index contributed by atoms with van der Waals surface area (Å²) >= 11 is 6.19. The number of hydrogen-bond acceptors (Lipinski definition) is 8. The molecule has 0 spiro atoms. The number of Topliss-reactive ketones (excluding diaryl/α,β-unsaturated/α-hetero) is 1. The molecule has 1 saturated heterocycles. The molecule has 1 aromatic carbocycles. The van der Waals surface area contributed by atoms with Crippen LogP contribution in [-0.4, -0.2) is 58.7 Å². The molecule has 1 fully saturated rings. The number of fused-ring (bicyclic) bond motifs is 3. The van der Waals surface area contributed by atoms with Crippen molar-refractivity contribution in [2.75, 3.05) is 25.3 Å². The Morgan fingerprint density at radius 1 is 1.09 bits per heavy atom. The second kappa shape index (κ2) is 11.3. The quantitative estimate of drug-likeness (QED) is 0.276. The number of imide groups is 1. The molecule has 4 unspecified atom stereocenters. The fourth-order valence-corrected chi connectivity index (χ4v) is 7.14. The summed E-state index contributed by atoms with van der Waals surface area (Å²) in [7, 11) is 1.24. The van der Waals surface area contributed by atoms with Crippen LogP contribution in [0, 0.1) is 17.8 Å². The zero-order chi connectivity index (χ0) is 32.4. The van der Waals surface area contributed by atoms with Crippen LogP contribution in [0.15, 0.2) is 70.8 Å². The maximum atomic E-state index is 14.1. The molecule has 2 heterocycles. The maximum Gasteiger partial charge on any atom is 0.433 e. The van der Waals surface area contributed by atoms with Crippen molar-refractivity contribution < 1.29 is 42.2 Å². The Labute approximate surface area is 260 Å². The maximum absolute atomic E-state index is 14.1. The molecule has 9 nitrogen and oxygen atoms in total. The number of ketones is 2. The number of hydrazine groups is 1. The number of rotatable bonds is 6. The van der Waals surface area contributed by atoms with Crippen LogP contribution in [-0.2, 0) is 25.4 Å². The molecule has 45 heavy (non-hydrogen) atoms. The largest absolute Gasteiger partial charge is 0.491 e. The second-order valence-electron chi connectivity index (χ2n) is 11.4. The predicted octanol–water partition coefficient (Wildman–Crippen LogP) is 4.61. The minimum absolute atomic E-state index is 0.0188. The summed E-state index contributed by atoms with van der Waals surface area (Å²) < 4.78 is 46.2. The summed E-state index contributed by atoms with van der Waals surface area (Å²) in [5.74, 6) is -5.31. The number of halogens is 4. The number of aromatic nitrogens is 1. The number of aliphatic hydroxyl groups is 1. The lowest BCUT2D eigenvalue weighted by Gasteiger charge is -2.42. The van der Waals surface area contributed by atoms with E-state index in [-0.39, 0.29) is 59.4 Å². The summed E-state index contributed by atoms with van der Waals surface area (Å²) in [6.45, 7) is 1.29. The van der Waals surface area contributed by atoms with Crippen LogP contribution < -0.4 is 9.75 Å². The number of carbonyl (C=O) groups is 4. The fraction of sp³-hybridized carbons (Fsp3) is 0.344. The van der Waals surface area contributed by atoms with Crippen molar-refractivity contribution in [2.24, 2.45) is 17.8 Å². The van der Waals surface area contributed by atoms with E-state index < -0.39 is 53.2 Å². The van der Waals surface area contributed by atoms with E-state index in [2.05, 4.69) is 4.98 Å². The zero-order valence-electron chi connectivity index (χ0n) is 24.1. The highest BCUT2D eigenvalue weighted by Gasteiger charge is 2.58. The number of para-hydroxylation sites is 1. The smallest absolute Gasteiger partial charge is 0.433 e. The van der Waals surface area contributed by atoms with E-state index in [4.69, 9.17) is 16.3 Å². The summed E-state index contributed by atoms with van der Waals surface area (Å²) in [5, 5.41) is 10.9. The Bertz CT molecular complexity index is 1750. The molecule has 234 valence electrons. The van der Waals surface area contributed by atoms with Crippen molar-refractivity contribution in [1.82, 2.24) is 9.99 Å². The highest BCUT2D eigenvalue weighted by atomic mass is 35.5. The van der Waals surface area contributed by atoms with Crippen LogP contribution in [0.3, 0.4) is 0 Å². The molecule has 0 bridgehead atoms. The van der Waals surface area contributed by atoms with E-state index in [1.165, 1.54) is 13.1 Å². The lowest BCUT2D eigenvalue weighted by molar-refractivity contribution is -0.141. The number of amides is 2. The molecular weight excluding hydrogens is 615 g/mol. The minimum Gasteiger partial charge on any atom is -0.491 e. The van der Waals surface area contributed by atoms with Gasteiger partial charge in [-0.1, -0.05) is 41.4 Å². The first-order valence-corrected chi connectivity index (χ1v) is 14.6. The third-order valence-electron chi connectivity index (χ3n) is 8.84. The van der Waals surface area contributed by atoms with E-state index in [1.807, 2.05) is 6.08 Å². The highest BCUT2D eigenvalue weighted by Crippen LogP contribution is 2.56. The zero-order valence-corrected chi connectivity index (χ0v) is 24.9. The first kappa shape index (κ1) is 30.7. The number of aliphatic hydroxyl groups excluding tert-OH is 1. The Kier molecular flexibility index (Phi) is 7.68. The van der Waals surface area contributed by atoms with E-state index in [1.54, 1.807) is 31.2 Å². The Balaban J connectivity index is 1.44. The number of pyridine rings is 1. The molecule has 3 aliphatic carbocycles. The van der Waals surface area contributed by atoms with Crippen LogP contribution in [0.25, 0.3) is 0 Å². The van der Waals surface area contributed by atoms with Crippen LogP contribution in [0.1, 0.15) is 36.9 Å². The molecule has 4 atom stereocenters. The number of benzene rings is 1. The van der Waals surface area contributed by atoms with E-state index in [9.17, 15) is 37.5 Å².